The van der Waals surface area contributed by atoms with E-state index in [1.165, 1.54) is 11.6 Å². The van der Waals surface area contributed by atoms with Gasteiger partial charge in [0.25, 0.3) is 5.91 Å². The number of carbonyl (C=O) groups excluding carboxylic acids is 1. The van der Waals surface area contributed by atoms with E-state index in [0.717, 1.165) is 31.0 Å². The zero-order chi connectivity index (χ0) is 20.5. The van der Waals surface area contributed by atoms with E-state index in [9.17, 15) is 9.18 Å². The third kappa shape index (κ3) is 3.36. The lowest BCUT2D eigenvalue weighted by Gasteiger charge is -2.36. The Morgan fingerprint density at radius 2 is 1.47 bits per heavy atom. The molecule has 0 atom stereocenters. The highest BCUT2D eigenvalue weighted by molar-refractivity contribution is 6.06. The first kappa shape index (κ1) is 18.5. The average molecular weight is 403 g/mol. The molecule has 6 nitrogen and oxygen atoms in total. The third-order valence-electron chi connectivity index (χ3n) is 5.80. The molecule has 2 aliphatic heterocycles. The molecule has 30 heavy (non-hydrogen) atoms. The molecule has 0 N–H and O–H groups in total. The molecule has 2 aromatic carbocycles. The van der Waals surface area contributed by atoms with Gasteiger partial charge in [0.15, 0.2) is 11.5 Å². The van der Waals surface area contributed by atoms with Crippen molar-refractivity contribution in [3.8, 4) is 0 Å². The highest BCUT2D eigenvalue weighted by atomic mass is 19.1. The standard InChI is InChI=1S/C23H22FN5O/c24-18-6-2-4-8-21(18)27-13-15-28(16-14-27)22-10-9-19(25-26-22)23(30)29-12-11-17-5-1-3-7-20(17)29/h1-10H,11-16H2. The zero-order valence-electron chi connectivity index (χ0n) is 16.5. The SMILES string of the molecule is O=C(c1ccc(N2CCN(c3ccccc3F)CC2)nn1)N1CCc2ccccc21. The van der Waals surface area contributed by atoms with E-state index >= 15 is 0 Å². The van der Waals surface area contributed by atoms with Crippen LogP contribution in [0.25, 0.3) is 0 Å². The maximum absolute atomic E-state index is 14.0. The number of amides is 1. The number of rotatable bonds is 3. The number of carbonyl (C=O) groups is 1. The summed E-state index contributed by atoms with van der Waals surface area (Å²) in [7, 11) is 0. The number of piperazine rings is 1. The lowest BCUT2D eigenvalue weighted by atomic mass is 10.2. The van der Waals surface area contributed by atoms with Crippen molar-refractivity contribution < 1.29 is 9.18 Å². The Balaban J connectivity index is 1.25. The van der Waals surface area contributed by atoms with Gasteiger partial charge in [-0.25, -0.2) is 4.39 Å². The van der Waals surface area contributed by atoms with Crippen molar-refractivity contribution in [3.05, 3.63) is 77.7 Å². The highest BCUT2D eigenvalue weighted by Crippen LogP contribution is 2.28. The fourth-order valence-corrected chi connectivity index (χ4v) is 4.18. The number of halogens is 1. The molecular formula is C23H22FN5O. The van der Waals surface area contributed by atoms with Crippen LogP contribution in [0.3, 0.4) is 0 Å². The Morgan fingerprint density at radius 3 is 2.20 bits per heavy atom. The van der Waals surface area contributed by atoms with Gasteiger partial charge in [-0.2, -0.15) is 0 Å². The summed E-state index contributed by atoms with van der Waals surface area (Å²) < 4.78 is 14.0. The summed E-state index contributed by atoms with van der Waals surface area (Å²) in [5, 5.41) is 8.51. The second-order valence-corrected chi connectivity index (χ2v) is 7.54. The molecule has 7 heteroatoms. The Bertz CT molecular complexity index is 1060. The predicted molar refractivity (Wildman–Crippen MR) is 115 cm³/mol. The number of hydrogen-bond donors (Lipinski definition) is 0. The van der Waals surface area contributed by atoms with Crippen molar-refractivity contribution >= 4 is 23.1 Å². The van der Waals surface area contributed by atoms with Crippen LogP contribution in [-0.2, 0) is 6.42 Å². The highest BCUT2D eigenvalue weighted by Gasteiger charge is 2.27. The molecule has 1 fully saturated rings. The summed E-state index contributed by atoms with van der Waals surface area (Å²) in [4.78, 5) is 18.8. The van der Waals surface area contributed by atoms with Crippen molar-refractivity contribution in [2.45, 2.75) is 6.42 Å². The molecule has 3 heterocycles. The summed E-state index contributed by atoms with van der Waals surface area (Å²) in [6.07, 6.45) is 0.861. The zero-order valence-corrected chi connectivity index (χ0v) is 16.5. The number of hydrogen-bond acceptors (Lipinski definition) is 5. The molecule has 1 aromatic heterocycles. The van der Waals surface area contributed by atoms with Gasteiger partial charge in [0, 0.05) is 38.4 Å². The Labute approximate surface area is 174 Å². The van der Waals surface area contributed by atoms with E-state index in [-0.39, 0.29) is 11.7 Å². The second-order valence-electron chi connectivity index (χ2n) is 7.54. The third-order valence-corrected chi connectivity index (χ3v) is 5.80. The molecule has 1 saturated heterocycles. The van der Waals surface area contributed by atoms with Gasteiger partial charge < -0.3 is 14.7 Å². The molecule has 0 spiro atoms. The van der Waals surface area contributed by atoms with Gasteiger partial charge in [-0.3, -0.25) is 4.79 Å². The van der Waals surface area contributed by atoms with Crippen LogP contribution in [0.15, 0.2) is 60.7 Å². The first-order chi connectivity index (χ1) is 14.7. The number of nitrogens with zero attached hydrogens (tertiary/aromatic N) is 5. The Morgan fingerprint density at radius 1 is 0.767 bits per heavy atom. The summed E-state index contributed by atoms with van der Waals surface area (Å²) in [6.45, 7) is 3.51. The summed E-state index contributed by atoms with van der Waals surface area (Å²) >= 11 is 0. The van der Waals surface area contributed by atoms with Crippen molar-refractivity contribution in [2.75, 3.05) is 47.4 Å². The maximum Gasteiger partial charge on any atom is 0.278 e. The lowest BCUT2D eigenvalue weighted by Crippen LogP contribution is -2.47. The number of para-hydroxylation sites is 2. The van der Waals surface area contributed by atoms with E-state index in [1.807, 2.05) is 41.3 Å². The van der Waals surface area contributed by atoms with Gasteiger partial charge in [-0.15, -0.1) is 10.2 Å². The molecule has 0 unspecified atom stereocenters. The van der Waals surface area contributed by atoms with Crippen LogP contribution in [0, 0.1) is 5.82 Å². The van der Waals surface area contributed by atoms with Crippen LogP contribution in [0.1, 0.15) is 16.1 Å². The van der Waals surface area contributed by atoms with Gasteiger partial charge in [0.05, 0.1) is 5.69 Å². The quantitative estimate of drug-likeness (QED) is 0.673. The summed E-state index contributed by atoms with van der Waals surface area (Å²) in [6, 6.07) is 18.4. The normalized spacial score (nSPS) is 16.0. The maximum atomic E-state index is 14.0. The molecule has 2 aliphatic rings. The fourth-order valence-electron chi connectivity index (χ4n) is 4.18. The molecule has 0 saturated carbocycles. The lowest BCUT2D eigenvalue weighted by molar-refractivity contribution is 0.0983. The van der Waals surface area contributed by atoms with Crippen molar-refractivity contribution in [1.82, 2.24) is 10.2 Å². The molecule has 152 valence electrons. The van der Waals surface area contributed by atoms with Crippen LogP contribution in [0.4, 0.5) is 21.6 Å². The largest absolute Gasteiger partial charge is 0.366 e. The van der Waals surface area contributed by atoms with Gasteiger partial charge in [0.2, 0.25) is 0 Å². The first-order valence-electron chi connectivity index (χ1n) is 10.2. The second kappa shape index (κ2) is 7.74. The molecule has 0 aliphatic carbocycles. The molecule has 0 bridgehead atoms. The number of benzene rings is 2. The average Bonchev–Trinajstić information content (AvgIpc) is 3.23. The molecular weight excluding hydrogens is 381 g/mol. The van der Waals surface area contributed by atoms with E-state index < -0.39 is 0 Å². The Kier molecular flexibility index (Phi) is 4.78. The van der Waals surface area contributed by atoms with Crippen LogP contribution < -0.4 is 14.7 Å². The Hall–Kier alpha value is -3.48. The van der Waals surface area contributed by atoms with E-state index in [4.69, 9.17) is 0 Å². The minimum absolute atomic E-state index is 0.122. The van der Waals surface area contributed by atoms with Crippen LogP contribution in [0.2, 0.25) is 0 Å². The number of aromatic nitrogens is 2. The van der Waals surface area contributed by atoms with Gasteiger partial charge in [-0.1, -0.05) is 30.3 Å². The first-order valence-corrected chi connectivity index (χ1v) is 10.2. The minimum atomic E-state index is -0.197. The van der Waals surface area contributed by atoms with Crippen molar-refractivity contribution in [1.29, 1.82) is 0 Å². The fraction of sp³-hybridized carbons (Fsp3) is 0.261. The van der Waals surface area contributed by atoms with Gasteiger partial charge in [0.1, 0.15) is 5.82 Å². The molecule has 0 radical (unpaired) electrons. The smallest absolute Gasteiger partial charge is 0.278 e. The minimum Gasteiger partial charge on any atom is -0.366 e. The molecule has 5 rings (SSSR count). The van der Waals surface area contributed by atoms with Crippen LogP contribution >= 0.6 is 0 Å². The van der Waals surface area contributed by atoms with Gasteiger partial charge in [-0.05, 0) is 42.3 Å². The molecule has 1 amide bonds. The number of fused-ring (bicyclic) bond motifs is 1. The van der Waals surface area contributed by atoms with Gasteiger partial charge >= 0.3 is 0 Å². The van der Waals surface area contributed by atoms with E-state index in [0.29, 0.717) is 31.0 Å². The van der Waals surface area contributed by atoms with Crippen LogP contribution in [-0.4, -0.2) is 48.8 Å². The summed E-state index contributed by atoms with van der Waals surface area (Å²) in [5.74, 6) is 0.419. The topological polar surface area (TPSA) is 52.6 Å². The van der Waals surface area contributed by atoms with Crippen molar-refractivity contribution in [2.24, 2.45) is 0 Å². The predicted octanol–water partition coefficient (Wildman–Crippen LogP) is 3.15. The number of anilines is 3. The van der Waals surface area contributed by atoms with Crippen molar-refractivity contribution in [3.63, 3.8) is 0 Å². The van der Waals surface area contributed by atoms with E-state index in [1.54, 1.807) is 17.0 Å². The molecule has 3 aromatic rings. The monoisotopic (exact) mass is 403 g/mol. The summed E-state index contributed by atoms with van der Waals surface area (Å²) in [5.41, 5.74) is 3.12. The van der Waals surface area contributed by atoms with E-state index in [2.05, 4.69) is 21.2 Å². The van der Waals surface area contributed by atoms with Crippen LogP contribution in [0.5, 0.6) is 0 Å².